The van der Waals surface area contributed by atoms with Gasteiger partial charge >= 0.3 is 12.1 Å². The zero-order valence-electron chi connectivity index (χ0n) is 19.3. The van der Waals surface area contributed by atoms with E-state index in [9.17, 15) is 22.8 Å². The molecule has 1 aromatic heterocycles. The topological polar surface area (TPSA) is 92.1 Å². The zero-order valence-corrected chi connectivity index (χ0v) is 19.3. The van der Waals surface area contributed by atoms with E-state index < -0.39 is 28.7 Å². The van der Waals surface area contributed by atoms with Crippen LogP contribution in [0.3, 0.4) is 0 Å². The van der Waals surface area contributed by atoms with Gasteiger partial charge in [-0.05, 0) is 76.8 Å². The van der Waals surface area contributed by atoms with Crippen LogP contribution in [0.4, 0.5) is 19.0 Å². The van der Waals surface area contributed by atoms with Crippen LogP contribution in [-0.2, 0) is 22.2 Å². The Morgan fingerprint density at radius 3 is 2.26 bits per heavy atom. The number of ether oxygens (including phenoxy) is 1. The Labute approximate surface area is 195 Å². The molecule has 0 bridgehead atoms. The average molecular weight is 477 g/mol. The first-order valence-corrected chi connectivity index (χ1v) is 10.7. The lowest BCUT2D eigenvalue weighted by Gasteiger charge is -2.21. The standard InChI is InChI=1S/C24H26F3N3O4/c1-22(2)18(29-30(20(22)31)19-13-10-16(14-28-19)24(25,26)27)7-5-6-15-8-11-17(12-9-15)34-23(3,4)21(32)33/h8-14H,5-7H2,1-4H3,(H,32,33). The molecule has 0 radical (unpaired) electrons. The van der Waals surface area contributed by atoms with Gasteiger partial charge in [0.1, 0.15) is 5.75 Å². The lowest BCUT2D eigenvalue weighted by atomic mass is 9.84. The molecule has 0 saturated carbocycles. The third-order valence-electron chi connectivity index (χ3n) is 5.65. The smallest absolute Gasteiger partial charge is 0.417 e. The number of hydrazone groups is 1. The van der Waals surface area contributed by atoms with Crippen LogP contribution in [0.25, 0.3) is 0 Å². The van der Waals surface area contributed by atoms with Gasteiger partial charge in [-0.2, -0.15) is 23.3 Å². The van der Waals surface area contributed by atoms with Gasteiger partial charge in [0.25, 0.3) is 5.91 Å². The Morgan fingerprint density at radius 2 is 1.74 bits per heavy atom. The highest BCUT2D eigenvalue weighted by atomic mass is 19.4. The number of carbonyl (C=O) groups is 2. The van der Waals surface area contributed by atoms with Gasteiger partial charge in [0.05, 0.1) is 16.7 Å². The van der Waals surface area contributed by atoms with E-state index in [1.165, 1.54) is 13.8 Å². The number of benzene rings is 1. The van der Waals surface area contributed by atoms with E-state index in [1.807, 2.05) is 12.1 Å². The summed E-state index contributed by atoms with van der Waals surface area (Å²) in [6.07, 6.45) is -1.94. The minimum Gasteiger partial charge on any atom is -0.478 e. The number of carboxylic acids is 1. The third-order valence-corrected chi connectivity index (χ3v) is 5.65. The summed E-state index contributed by atoms with van der Waals surface area (Å²) in [4.78, 5) is 27.8. The molecule has 0 spiro atoms. The Bertz CT molecular complexity index is 1090. The lowest BCUT2D eigenvalue weighted by Crippen LogP contribution is -2.37. The fourth-order valence-electron chi connectivity index (χ4n) is 3.40. The Kier molecular flexibility index (Phi) is 6.73. The number of pyridine rings is 1. The Morgan fingerprint density at radius 1 is 1.09 bits per heavy atom. The number of carboxylic acid groups (broad SMARTS) is 1. The summed E-state index contributed by atoms with van der Waals surface area (Å²) in [6.45, 7) is 6.40. The van der Waals surface area contributed by atoms with Crippen molar-refractivity contribution in [2.45, 2.75) is 58.7 Å². The molecular formula is C24H26F3N3O4. The average Bonchev–Trinajstić information content (AvgIpc) is 2.97. The maximum atomic E-state index is 12.8. The number of aliphatic carboxylic acids is 1. The van der Waals surface area contributed by atoms with Gasteiger partial charge in [-0.15, -0.1) is 0 Å². The molecule has 1 N–H and O–H groups in total. The molecule has 3 rings (SSSR count). The zero-order chi connectivity index (χ0) is 25.3. The van der Waals surface area contributed by atoms with E-state index in [4.69, 9.17) is 9.84 Å². The van der Waals surface area contributed by atoms with Crippen molar-refractivity contribution in [3.05, 3.63) is 53.7 Å². The van der Waals surface area contributed by atoms with E-state index in [1.54, 1.807) is 26.0 Å². The van der Waals surface area contributed by atoms with Crippen molar-refractivity contribution in [3.8, 4) is 5.75 Å². The number of anilines is 1. The first-order chi connectivity index (χ1) is 15.7. The van der Waals surface area contributed by atoms with Crippen molar-refractivity contribution >= 4 is 23.4 Å². The number of alkyl halides is 3. The molecule has 1 aliphatic rings. The first kappa shape index (κ1) is 25.2. The number of aryl methyl sites for hydroxylation is 1. The predicted molar refractivity (Wildman–Crippen MR) is 120 cm³/mol. The fourth-order valence-corrected chi connectivity index (χ4v) is 3.40. The summed E-state index contributed by atoms with van der Waals surface area (Å²) in [7, 11) is 0. The summed E-state index contributed by atoms with van der Waals surface area (Å²) in [5, 5.41) is 14.6. The van der Waals surface area contributed by atoms with E-state index in [2.05, 4.69) is 10.1 Å². The summed E-state index contributed by atoms with van der Waals surface area (Å²) < 4.78 is 43.9. The molecule has 0 fully saturated rings. The minimum absolute atomic E-state index is 0.0425. The number of hydrogen-bond donors (Lipinski definition) is 1. The van der Waals surface area contributed by atoms with Crippen molar-refractivity contribution < 1.29 is 32.6 Å². The molecule has 2 aromatic rings. The van der Waals surface area contributed by atoms with Crippen molar-refractivity contribution in [3.63, 3.8) is 0 Å². The quantitative estimate of drug-likeness (QED) is 0.572. The second-order valence-electron chi connectivity index (χ2n) is 9.11. The van der Waals surface area contributed by atoms with Gasteiger partial charge in [-0.3, -0.25) is 4.79 Å². The first-order valence-electron chi connectivity index (χ1n) is 10.7. The highest BCUT2D eigenvalue weighted by Crippen LogP contribution is 2.35. The summed E-state index contributed by atoms with van der Waals surface area (Å²) >= 11 is 0. The van der Waals surface area contributed by atoms with Gasteiger partial charge in [0, 0.05) is 6.20 Å². The van der Waals surface area contributed by atoms with Crippen molar-refractivity contribution in [1.29, 1.82) is 0 Å². The lowest BCUT2D eigenvalue weighted by molar-refractivity contribution is -0.152. The number of nitrogens with zero attached hydrogens (tertiary/aromatic N) is 3. The van der Waals surface area contributed by atoms with Crippen molar-refractivity contribution in [2.75, 3.05) is 5.01 Å². The molecule has 34 heavy (non-hydrogen) atoms. The molecule has 182 valence electrons. The predicted octanol–water partition coefficient (Wildman–Crippen LogP) is 5.09. The van der Waals surface area contributed by atoms with E-state index in [0.717, 1.165) is 22.7 Å². The second kappa shape index (κ2) is 9.08. The largest absolute Gasteiger partial charge is 0.478 e. The maximum Gasteiger partial charge on any atom is 0.417 e. The molecule has 0 aliphatic carbocycles. The third kappa shape index (κ3) is 5.37. The number of carbonyl (C=O) groups excluding carboxylic acids is 1. The van der Waals surface area contributed by atoms with Crippen molar-refractivity contribution in [1.82, 2.24) is 4.98 Å². The summed E-state index contributed by atoms with van der Waals surface area (Å²) in [5.74, 6) is -0.924. The summed E-state index contributed by atoms with van der Waals surface area (Å²) in [5.41, 5.74) is -1.50. The molecule has 0 unspecified atom stereocenters. The van der Waals surface area contributed by atoms with E-state index >= 15 is 0 Å². The highest BCUT2D eigenvalue weighted by molar-refractivity contribution is 6.18. The number of rotatable bonds is 8. The van der Waals surface area contributed by atoms with Crippen LogP contribution in [0.1, 0.15) is 51.7 Å². The van der Waals surface area contributed by atoms with Gasteiger partial charge in [-0.1, -0.05) is 12.1 Å². The van der Waals surface area contributed by atoms with Crippen LogP contribution < -0.4 is 9.75 Å². The number of amides is 1. The molecule has 2 heterocycles. The Hall–Kier alpha value is -3.43. The monoisotopic (exact) mass is 477 g/mol. The molecular weight excluding hydrogens is 451 g/mol. The maximum absolute atomic E-state index is 12.8. The summed E-state index contributed by atoms with van der Waals surface area (Å²) in [6, 6.07) is 9.12. The fraction of sp³-hybridized carbons (Fsp3) is 0.417. The SMILES string of the molecule is CC(C)(Oc1ccc(CCCC2=NN(c3ccc(C(F)(F)F)cn3)C(=O)C2(C)C)cc1)C(=O)O. The molecule has 7 nitrogen and oxygen atoms in total. The minimum atomic E-state index is -4.51. The number of hydrogen-bond acceptors (Lipinski definition) is 5. The molecule has 10 heteroatoms. The van der Waals surface area contributed by atoms with Crippen LogP contribution in [0.15, 0.2) is 47.7 Å². The van der Waals surface area contributed by atoms with Crippen LogP contribution in [0, 0.1) is 5.41 Å². The van der Waals surface area contributed by atoms with Crippen LogP contribution in [0.2, 0.25) is 0 Å². The highest BCUT2D eigenvalue weighted by Gasteiger charge is 2.44. The van der Waals surface area contributed by atoms with Gasteiger partial charge in [0.2, 0.25) is 0 Å². The molecule has 0 saturated heterocycles. The molecule has 1 aromatic carbocycles. The normalized spacial score (nSPS) is 15.9. The van der Waals surface area contributed by atoms with E-state index in [0.29, 0.717) is 36.9 Å². The number of aromatic nitrogens is 1. The number of halogens is 3. The van der Waals surface area contributed by atoms with Crippen LogP contribution >= 0.6 is 0 Å². The van der Waals surface area contributed by atoms with Crippen LogP contribution in [0.5, 0.6) is 5.75 Å². The van der Waals surface area contributed by atoms with Gasteiger partial charge < -0.3 is 9.84 Å². The Balaban J connectivity index is 1.64. The van der Waals surface area contributed by atoms with Gasteiger partial charge in [-0.25, -0.2) is 9.78 Å². The molecule has 1 aliphatic heterocycles. The molecule has 1 amide bonds. The van der Waals surface area contributed by atoms with E-state index in [-0.39, 0.29) is 11.7 Å². The second-order valence-corrected chi connectivity index (χ2v) is 9.11. The van der Waals surface area contributed by atoms with Gasteiger partial charge in [0.15, 0.2) is 11.4 Å². The molecule has 0 atom stereocenters. The van der Waals surface area contributed by atoms with Crippen LogP contribution in [-0.4, -0.2) is 33.3 Å². The van der Waals surface area contributed by atoms with Crippen molar-refractivity contribution in [2.24, 2.45) is 10.5 Å².